The van der Waals surface area contributed by atoms with Gasteiger partial charge in [0.05, 0.1) is 0 Å². The molecule has 10 heavy (non-hydrogen) atoms. The van der Waals surface area contributed by atoms with E-state index < -0.39 is 0 Å². The average molecular weight is 142 g/mol. The normalized spacial score (nSPS) is 14.6. The summed E-state index contributed by atoms with van der Waals surface area (Å²) in [4.78, 5) is 3.85. The van der Waals surface area contributed by atoms with Crippen LogP contribution in [0.1, 0.15) is 0 Å². The average Bonchev–Trinajstić information content (AvgIpc) is 1.90. The summed E-state index contributed by atoms with van der Waals surface area (Å²) in [7, 11) is 0. The van der Waals surface area contributed by atoms with Gasteiger partial charge >= 0.3 is 0 Å². The van der Waals surface area contributed by atoms with Crippen molar-refractivity contribution in [2.24, 2.45) is 10.7 Å². The minimum atomic E-state index is -0.00144. The lowest BCUT2D eigenvalue weighted by Gasteiger charge is -2.04. The van der Waals surface area contributed by atoms with Gasteiger partial charge < -0.3 is 16.5 Å². The van der Waals surface area contributed by atoms with Crippen LogP contribution in [0, 0.1) is 5.41 Å². The van der Waals surface area contributed by atoms with E-state index in [0.717, 1.165) is 6.54 Å². The third-order valence-electron chi connectivity index (χ3n) is 0.954. The predicted molar refractivity (Wildman–Crippen MR) is 40.1 cm³/mol. The Balaban J connectivity index is 0.000000810. The Morgan fingerprint density at radius 1 is 1.80 bits per heavy atom. The van der Waals surface area contributed by atoms with Crippen LogP contribution in [-0.4, -0.2) is 24.1 Å². The van der Waals surface area contributed by atoms with Crippen LogP contribution in [0.25, 0.3) is 0 Å². The molecule has 5 nitrogen and oxygen atoms in total. The van der Waals surface area contributed by atoms with Gasteiger partial charge in [0, 0.05) is 19.0 Å². The first-order valence-electron chi connectivity index (χ1n) is 2.61. The zero-order chi connectivity index (χ0) is 6.69. The van der Waals surface area contributed by atoms with Crippen molar-refractivity contribution >= 4 is 12.1 Å². The van der Waals surface area contributed by atoms with E-state index in [-0.39, 0.29) is 11.3 Å². The maximum atomic E-state index is 6.94. The minimum absolute atomic E-state index is 0. The van der Waals surface area contributed by atoms with Crippen LogP contribution in [0.2, 0.25) is 0 Å². The van der Waals surface area contributed by atoms with Crippen molar-refractivity contribution in [3.05, 3.63) is 11.9 Å². The van der Waals surface area contributed by atoms with Crippen molar-refractivity contribution in [1.29, 1.82) is 5.41 Å². The first kappa shape index (κ1) is 8.64. The molecule has 6 N–H and O–H groups in total. The number of hydrogen-bond acceptors (Lipinski definition) is 3. The van der Waals surface area contributed by atoms with E-state index in [2.05, 4.69) is 10.3 Å². The fourth-order valence-corrected chi connectivity index (χ4v) is 0.537. The topological polar surface area (TPSA) is 106 Å². The Labute approximate surface area is 58.5 Å². The number of nitrogens with one attached hydrogen (secondary N) is 2. The van der Waals surface area contributed by atoms with Gasteiger partial charge in [-0.2, -0.15) is 0 Å². The van der Waals surface area contributed by atoms with Crippen LogP contribution >= 0.6 is 0 Å². The van der Waals surface area contributed by atoms with Crippen LogP contribution in [0.5, 0.6) is 0 Å². The van der Waals surface area contributed by atoms with E-state index in [1.807, 2.05) is 0 Å². The predicted octanol–water partition coefficient (Wildman–Crippen LogP) is -1.39. The molecule has 0 aromatic heterocycles. The molecule has 0 saturated heterocycles. The van der Waals surface area contributed by atoms with Crippen molar-refractivity contribution in [1.82, 2.24) is 5.32 Å². The molecule has 0 amide bonds. The molecule has 0 aromatic carbocycles. The second-order valence-corrected chi connectivity index (χ2v) is 1.66. The molecule has 0 aromatic rings. The summed E-state index contributed by atoms with van der Waals surface area (Å²) >= 11 is 0. The lowest BCUT2D eigenvalue weighted by atomic mass is 10.4. The quantitative estimate of drug-likeness (QED) is 0.310. The highest BCUT2D eigenvalue weighted by atomic mass is 16.0. The zero-order valence-corrected chi connectivity index (χ0v) is 5.39. The van der Waals surface area contributed by atoms with Crippen LogP contribution < -0.4 is 11.1 Å². The lowest BCUT2D eigenvalue weighted by Crippen LogP contribution is -2.20. The van der Waals surface area contributed by atoms with Gasteiger partial charge in [0.25, 0.3) is 0 Å². The van der Waals surface area contributed by atoms with Crippen LogP contribution in [0.4, 0.5) is 0 Å². The third-order valence-corrected chi connectivity index (χ3v) is 0.954. The smallest absolute Gasteiger partial charge is 0.143 e. The molecule has 0 aliphatic carbocycles. The van der Waals surface area contributed by atoms with Gasteiger partial charge in [0.1, 0.15) is 11.5 Å². The molecule has 0 fully saturated rings. The second kappa shape index (κ2) is 3.62. The standard InChI is InChI=1S/C5H8N4.H2O/c6-5(7)4-3-8-1-2-9-4;/h2-3,8H,1H2,(H3,6,7);1H2. The van der Waals surface area contributed by atoms with Crippen molar-refractivity contribution < 1.29 is 5.48 Å². The summed E-state index contributed by atoms with van der Waals surface area (Å²) in [6.45, 7) is 0.719. The SMILES string of the molecule is N=C(N)C1=CNCC=N1.O. The molecule has 0 radical (unpaired) electrons. The van der Waals surface area contributed by atoms with Crippen molar-refractivity contribution in [3.8, 4) is 0 Å². The highest BCUT2D eigenvalue weighted by molar-refractivity contribution is 5.95. The molecule has 1 aliphatic heterocycles. The van der Waals surface area contributed by atoms with E-state index in [1.54, 1.807) is 12.4 Å². The number of rotatable bonds is 1. The molecular formula is C5H10N4O. The number of amidine groups is 1. The van der Waals surface area contributed by atoms with Crippen LogP contribution in [-0.2, 0) is 0 Å². The molecule has 0 saturated carbocycles. The fourth-order valence-electron chi connectivity index (χ4n) is 0.537. The molecule has 0 spiro atoms. The van der Waals surface area contributed by atoms with Gasteiger partial charge in [-0.1, -0.05) is 0 Å². The van der Waals surface area contributed by atoms with Gasteiger partial charge in [0.15, 0.2) is 0 Å². The molecule has 1 aliphatic rings. The number of nitrogens with zero attached hydrogens (tertiary/aromatic N) is 1. The van der Waals surface area contributed by atoms with Gasteiger partial charge in [-0.3, -0.25) is 10.4 Å². The Bertz CT molecular complexity index is 184. The number of aliphatic imine (C=N–C) groups is 1. The second-order valence-electron chi connectivity index (χ2n) is 1.66. The van der Waals surface area contributed by atoms with Gasteiger partial charge in [-0.05, 0) is 0 Å². The highest BCUT2D eigenvalue weighted by Gasteiger charge is 1.98. The van der Waals surface area contributed by atoms with E-state index in [0.29, 0.717) is 5.70 Å². The largest absolute Gasteiger partial charge is 0.412 e. The molecule has 56 valence electrons. The molecule has 1 heterocycles. The van der Waals surface area contributed by atoms with E-state index in [9.17, 15) is 0 Å². The summed E-state index contributed by atoms with van der Waals surface area (Å²) < 4.78 is 0. The number of nitrogens with two attached hydrogens (primary N) is 1. The molecule has 1 rings (SSSR count). The van der Waals surface area contributed by atoms with Crippen LogP contribution in [0.3, 0.4) is 0 Å². The van der Waals surface area contributed by atoms with Gasteiger partial charge in [-0.25, -0.2) is 0 Å². The Morgan fingerprint density at radius 3 is 2.80 bits per heavy atom. The van der Waals surface area contributed by atoms with Crippen molar-refractivity contribution in [2.45, 2.75) is 0 Å². The van der Waals surface area contributed by atoms with Crippen LogP contribution in [0.15, 0.2) is 16.9 Å². The Hall–Kier alpha value is -1.36. The number of hydrogen-bond donors (Lipinski definition) is 3. The molecule has 0 unspecified atom stereocenters. The monoisotopic (exact) mass is 142 g/mol. The summed E-state index contributed by atoms with van der Waals surface area (Å²) in [5, 5.41) is 9.83. The van der Waals surface area contributed by atoms with Crippen molar-refractivity contribution in [2.75, 3.05) is 6.54 Å². The highest BCUT2D eigenvalue weighted by Crippen LogP contribution is 1.94. The van der Waals surface area contributed by atoms with Gasteiger partial charge in [-0.15, -0.1) is 0 Å². The maximum Gasteiger partial charge on any atom is 0.143 e. The van der Waals surface area contributed by atoms with Gasteiger partial charge in [0.2, 0.25) is 0 Å². The third kappa shape index (κ3) is 1.87. The van der Waals surface area contributed by atoms with E-state index >= 15 is 0 Å². The van der Waals surface area contributed by atoms with E-state index in [4.69, 9.17) is 11.1 Å². The molecule has 0 atom stereocenters. The molecule has 0 bridgehead atoms. The maximum absolute atomic E-state index is 6.94. The summed E-state index contributed by atoms with van der Waals surface area (Å²) in [5.41, 5.74) is 5.63. The van der Waals surface area contributed by atoms with Crippen molar-refractivity contribution in [3.63, 3.8) is 0 Å². The molecule has 5 heteroatoms. The summed E-state index contributed by atoms with van der Waals surface area (Å²) in [5.74, 6) is -0.00144. The lowest BCUT2D eigenvalue weighted by molar-refractivity contribution is 0.824. The summed E-state index contributed by atoms with van der Waals surface area (Å²) in [6, 6.07) is 0. The first-order valence-corrected chi connectivity index (χ1v) is 2.61. The molecular weight excluding hydrogens is 132 g/mol. The first-order chi connectivity index (χ1) is 4.30. The zero-order valence-electron chi connectivity index (χ0n) is 5.39. The minimum Gasteiger partial charge on any atom is -0.412 e. The Morgan fingerprint density at radius 2 is 2.50 bits per heavy atom. The van der Waals surface area contributed by atoms with E-state index in [1.165, 1.54) is 0 Å². The summed E-state index contributed by atoms with van der Waals surface area (Å²) in [6.07, 6.45) is 3.30. The fraction of sp³-hybridized carbons (Fsp3) is 0.200. The Kier molecular flexibility index (Phi) is 3.13.